The van der Waals surface area contributed by atoms with Crippen LogP contribution in [0.3, 0.4) is 0 Å². The molecule has 0 unspecified atom stereocenters. The van der Waals surface area contributed by atoms with E-state index < -0.39 is 9.17 Å². The molecule has 0 fully saturated rings. The molecule has 0 bridgehead atoms. The molecular weight excluding hydrogens is 910 g/mol. The summed E-state index contributed by atoms with van der Waals surface area (Å²) in [6, 6.07) is 0. The quantitative estimate of drug-likeness (QED) is 0.230. The van der Waals surface area contributed by atoms with Gasteiger partial charge in [0.15, 0.2) is 0 Å². The van der Waals surface area contributed by atoms with E-state index in [0.29, 0.717) is 0 Å². The molecule has 0 N–H and O–H groups in total. The van der Waals surface area contributed by atoms with Crippen LogP contribution < -0.4 is 9.59 Å². The van der Waals surface area contributed by atoms with Gasteiger partial charge in [-0.05, 0) is 0 Å². The van der Waals surface area contributed by atoms with Crippen molar-refractivity contribution in [1.82, 2.24) is 0 Å². The summed E-state index contributed by atoms with van der Waals surface area (Å²) in [4.78, 5) is 17.0. The Hall–Kier alpha value is 3.27. The van der Waals surface area contributed by atoms with Crippen LogP contribution in [0, 0.1) is 0 Å². The monoisotopic (exact) mass is 912 g/mol. The van der Waals surface area contributed by atoms with Gasteiger partial charge in [0.05, 0.1) is 0 Å². The van der Waals surface area contributed by atoms with E-state index in [1.807, 2.05) is 0 Å². The van der Waals surface area contributed by atoms with Gasteiger partial charge >= 0.3 is 109 Å². The molecule has 0 atom stereocenters. The summed E-state index contributed by atoms with van der Waals surface area (Å²) in [6.07, 6.45) is 0. The summed E-state index contributed by atoms with van der Waals surface area (Å²) >= 11 is 0. The summed E-state index contributed by atoms with van der Waals surface area (Å²) < 4.78 is 8.52. The van der Waals surface area contributed by atoms with Crippen LogP contribution in [0.5, 0.6) is 0 Å². The Morgan fingerprint density at radius 1 is 0.889 bits per heavy atom. The van der Waals surface area contributed by atoms with E-state index in [1.165, 1.54) is 0 Å². The summed E-state index contributed by atoms with van der Waals surface area (Å²) in [6.45, 7) is 0. The van der Waals surface area contributed by atoms with E-state index in [4.69, 9.17) is 14.1 Å². The first kappa shape index (κ1) is 39.7. The molecule has 0 saturated heterocycles. The summed E-state index contributed by atoms with van der Waals surface area (Å²) in [7, 11) is -3.63. The van der Waals surface area contributed by atoms with Gasteiger partial charge in [0.1, 0.15) is 0 Å². The minimum Gasteiger partial charge on any atom is -2.00 e. The molecule has 0 aliphatic heterocycles. The maximum absolute atomic E-state index is 8.52. The predicted octanol–water partition coefficient (Wildman–Crippen LogP) is -4.52. The van der Waals surface area contributed by atoms with Crippen molar-refractivity contribution in [3.8, 4) is 0 Å². The molecule has 0 radical (unpaired) electrons. The van der Waals surface area contributed by atoms with Crippen LogP contribution in [0.4, 0.5) is 0 Å². The number of rotatable bonds is 0. The molecule has 0 aromatic heterocycles. The van der Waals surface area contributed by atoms with Crippen molar-refractivity contribution in [2.24, 2.45) is 0 Å². The van der Waals surface area contributed by atoms with Crippen molar-refractivity contribution < 1.29 is 19.5 Å². The van der Waals surface area contributed by atoms with Crippen LogP contribution in [-0.4, -0.2) is 118 Å². The SMILES string of the molecule is O=[Si]([O-])[O-].[O-2].[Tl+].[Tl+].[Tl+].[Tl+]. The zero-order chi connectivity index (χ0) is 3.58. The Kier molecular flexibility index (Phi) is 133. The second kappa shape index (κ2) is 30.2. The van der Waals surface area contributed by atoms with Crippen molar-refractivity contribution in [3.63, 3.8) is 0 Å². The standard InChI is InChI=1S/O3Si.O.4Tl/c1-4(2)3;;;;;/q2*-2;4*+1. The molecule has 9 heavy (non-hydrogen) atoms. The summed E-state index contributed by atoms with van der Waals surface area (Å²) in [5.74, 6) is 0. The van der Waals surface area contributed by atoms with E-state index in [2.05, 4.69) is 0 Å². The summed E-state index contributed by atoms with van der Waals surface area (Å²) in [5, 5.41) is 0. The van der Waals surface area contributed by atoms with E-state index in [1.54, 1.807) is 0 Å². The number of hydrogen-bond donors (Lipinski definition) is 0. The molecule has 0 aromatic carbocycles. The second-order valence-corrected chi connectivity index (χ2v) is 0.750. The fraction of sp³-hybridized carbons (Fsp3) is 0. The Labute approximate surface area is 135 Å². The van der Waals surface area contributed by atoms with Gasteiger partial charge in [0.25, 0.3) is 0 Å². The topological polar surface area (TPSA) is 91.7 Å². The third-order valence-electron chi connectivity index (χ3n) is 0. The molecule has 0 amide bonds. The van der Waals surface area contributed by atoms with Gasteiger partial charge in [-0.15, -0.1) is 0 Å². The molecule has 0 aromatic rings. The van der Waals surface area contributed by atoms with E-state index in [-0.39, 0.29) is 115 Å². The van der Waals surface area contributed by atoms with E-state index in [0.717, 1.165) is 0 Å². The minimum atomic E-state index is -3.63. The van der Waals surface area contributed by atoms with Crippen LogP contribution >= 0.6 is 0 Å². The molecule has 9 heteroatoms. The van der Waals surface area contributed by atoms with E-state index in [9.17, 15) is 0 Å². The van der Waals surface area contributed by atoms with Gasteiger partial charge in [0, 0.05) is 9.17 Å². The summed E-state index contributed by atoms with van der Waals surface area (Å²) in [5.41, 5.74) is 0. The molecule has 0 rings (SSSR count). The van der Waals surface area contributed by atoms with Crippen LogP contribution in [-0.2, 0) is 9.94 Å². The maximum atomic E-state index is 8.52. The molecule has 0 spiro atoms. The van der Waals surface area contributed by atoms with Crippen molar-refractivity contribution in [3.05, 3.63) is 0 Å². The minimum absolute atomic E-state index is 0. The zero-order valence-corrected chi connectivity index (χ0v) is 23.4. The van der Waals surface area contributed by atoms with Gasteiger partial charge in [-0.3, -0.25) is 0 Å². The van der Waals surface area contributed by atoms with Gasteiger partial charge in [0.2, 0.25) is 0 Å². The molecule has 4 nitrogen and oxygen atoms in total. The van der Waals surface area contributed by atoms with Gasteiger partial charge in [-0.2, -0.15) is 0 Å². The van der Waals surface area contributed by atoms with Gasteiger partial charge in [-0.1, -0.05) is 0 Å². The molecule has 0 saturated carbocycles. The molecule has 0 aliphatic rings. The van der Waals surface area contributed by atoms with Crippen LogP contribution in [0.25, 0.3) is 0 Å². The van der Waals surface area contributed by atoms with Crippen LogP contribution in [0.15, 0.2) is 0 Å². The Morgan fingerprint density at radius 2 is 0.889 bits per heavy atom. The fourth-order valence-corrected chi connectivity index (χ4v) is 0. The zero-order valence-electron chi connectivity index (χ0n) is 4.44. The van der Waals surface area contributed by atoms with Crippen molar-refractivity contribution in [1.29, 1.82) is 0 Å². The third-order valence-corrected chi connectivity index (χ3v) is 0. The Morgan fingerprint density at radius 3 is 0.889 bits per heavy atom. The molecular formula is O4SiTl4. The first-order chi connectivity index (χ1) is 1.73. The van der Waals surface area contributed by atoms with Crippen LogP contribution in [0.1, 0.15) is 0 Å². The largest absolute Gasteiger partial charge is 2.00 e. The molecule has 0 aliphatic carbocycles. The van der Waals surface area contributed by atoms with Crippen molar-refractivity contribution in [2.75, 3.05) is 0 Å². The first-order valence-corrected chi connectivity index (χ1v) is 1.84. The van der Waals surface area contributed by atoms with Crippen molar-refractivity contribution in [2.45, 2.75) is 0 Å². The molecule has 0 heterocycles. The Balaban J connectivity index is -0.00000000450. The molecule has 40 valence electrons. The van der Waals surface area contributed by atoms with Crippen molar-refractivity contribution >= 4 is 118 Å². The maximum Gasteiger partial charge on any atom is 1.00 e. The predicted molar refractivity (Wildman–Crippen MR) is 30.1 cm³/mol. The fourth-order valence-electron chi connectivity index (χ4n) is 0. The second-order valence-electron chi connectivity index (χ2n) is 0.250. The smallest absolute Gasteiger partial charge is 1.00 e. The first-order valence-electron chi connectivity index (χ1n) is 0.612. The Bertz CT molecular complexity index is 35.5. The third kappa shape index (κ3) is 90.7. The van der Waals surface area contributed by atoms with Gasteiger partial charge in [-0.25, -0.2) is 0 Å². The van der Waals surface area contributed by atoms with Crippen LogP contribution in [0.2, 0.25) is 0 Å². The average Bonchev–Trinajstić information content (AvgIpc) is 0.811. The number of hydrogen-bond acceptors (Lipinski definition) is 3. The average molecular weight is 910 g/mol. The van der Waals surface area contributed by atoms with Gasteiger partial charge < -0.3 is 19.5 Å². The van der Waals surface area contributed by atoms with E-state index >= 15 is 0 Å². The normalized spacial score (nSPS) is 2.67.